The molecule has 0 aromatic heterocycles. The van der Waals surface area contributed by atoms with Crippen LogP contribution in [0.2, 0.25) is 0 Å². The molecule has 1 aromatic rings. The summed E-state index contributed by atoms with van der Waals surface area (Å²) >= 11 is 6.62. The maximum Gasteiger partial charge on any atom is 0.173 e. The van der Waals surface area contributed by atoms with Crippen molar-refractivity contribution < 1.29 is 14.9 Å². The summed E-state index contributed by atoms with van der Waals surface area (Å²) in [6.45, 7) is 3.79. The zero-order valence-electron chi connectivity index (χ0n) is 10.9. The average Bonchev–Trinajstić information content (AvgIpc) is 2.34. The summed E-state index contributed by atoms with van der Waals surface area (Å²) in [5, 5.41) is 19.9. The normalized spacial score (nSPS) is 13.9. The molecule has 7 heteroatoms. The Morgan fingerprint density at radius 3 is 2.21 bits per heavy atom. The molecule has 19 heavy (non-hydrogen) atoms. The highest BCUT2D eigenvalue weighted by atomic mass is 79.9. The van der Waals surface area contributed by atoms with Gasteiger partial charge in [0.05, 0.1) is 23.7 Å². The van der Waals surface area contributed by atoms with Gasteiger partial charge in [-0.05, 0) is 49.4 Å². The third kappa shape index (κ3) is 3.98. The van der Waals surface area contributed by atoms with Crippen LogP contribution in [0.1, 0.15) is 25.5 Å². The van der Waals surface area contributed by atoms with E-state index in [9.17, 15) is 10.2 Å². The van der Waals surface area contributed by atoms with Gasteiger partial charge in [0.1, 0.15) is 0 Å². The number of phenolic OH excluding ortho intramolecular Hbond substituents is 1. The Morgan fingerprint density at radius 1 is 1.26 bits per heavy atom. The lowest BCUT2D eigenvalue weighted by molar-refractivity contribution is 0.0976. The summed E-state index contributed by atoms with van der Waals surface area (Å²) in [4.78, 5) is 0. The third-order valence-electron chi connectivity index (χ3n) is 2.80. The number of phenols is 1. The van der Waals surface area contributed by atoms with Gasteiger partial charge in [-0.2, -0.15) is 0 Å². The zero-order chi connectivity index (χ0) is 14.0. The molecule has 0 fully saturated rings. The molecule has 4 N–H and O–H groups in total. The molecule has 0 bridgehead atoms. The first-order valence-electron chi connectivity index (χ1n) is 5.49. The molecule has 110 valence electrons. The number of halogens is 3. The van der Waals surface area contributed by atoms with E-state index in [1.165, 1.54) is 7.11 Å². The summed E-state index contributed by atoms with van der Waals surface area (Å²) in [7, 11) is 1.46. The smallest absolute Gasteiger partial charge is 0.173 e. The van der Waals surface area contributed by atoms with E-state index >= 15 is 0 Å². The number of benzene rings is 1. The van der Waals surface area contributed by atoms with E-state index < -0.39 is 12.1 Å². The van der Waals surface area contributed by atoms with E-state index in [1.807, 2.05) is 13.8 Å². The number of nitrogens with two attached hydrogens (primary N) is 1. The molecular weight excluding hydrogens is 401 g/mol. The molecule has 1 rings (SSSR count). The first-order valence-corrected chi connectivity index (χ1v) is 7.08. The first-order chi connectivity index (χ1) is 8.31. The van der Waals surface area contributed by atoms with Crippen molar-refractivity contribution in [2.75, 3.05) is 7.11 Å². The van der Waals surface area contributed by atoms with Crippen molar-refractivity contribution in [3.63, 3.8) is 0 Å². The maximum atomic E-state index is 10.0. The third-order valence-corrected chi connectivity index (χ3v) is 4.96. The van der Waals surface area contributed by atoms with Crippen molar-refractivity contribution in [3.8, 4) is 11.5 Å². The molecule has 4 nitrogen and oxygen atoms in total. The molecule has 0 aliphatic rings. The number of hydrogen-bond donors (Lipinski definition) is 3. The maximum absolute atomic E-state index is 10.0. The monoisotopic (exact) mass is 417 g/mol. The van der Waals surface area contributed by atoms with Crippen LogP contribution < -0.4 is 10.5 Å². The van der Waals surface area contributed by atoms with Gasteiger partial charge in [-0.25, -0.2) is 0 Å². The van der Waals surface area contributed by atoms with Crippen LogP contribution in [-0.2, 0) is 0 Å². The van der Waals surface area contributed by atoms with E-state index in [1.54, 1.807) is 6.07 Å². The second-order valence-corrected chi connectivity index (χ2v) is 5.99. The summed E-state index contributed by atoms with van der Waals surface area (Å²) in [5.41, 5.74) is 6.72. The van der Waals surface area contributed by atoms with Gasteiger partial charge in [-0.15, -0.1) is 12.4 Å². The van der Waals surface area contributed by atoms with Crippen molar-refractivity contribution in [1.29, 1.82) is 0 Å². The fourth-order valence-corrected chi connectivity index (χ4v) is 2.60. The topological polar surface area (TPSA) is 75.7 Å². The minimum atomic E-state index is -0.678. The van der Waals surface area contributed by atoms with Gasteiger partial charge in [0.25, 0.3) is 0 Å². The molecule has 0 saturated carbocycles. The lowest BCUT2D eigenvalue weighted by Crippen LogP contribution is -2.30. The number of ether oxygens (including phenoxy) is 1. The Labute approximate surface area is 136 Å². The number of aromatic hydroxyl groups is 1. The second-order valence-electron chi connectivity index (χ2n) is 4.41. The summed E-state index contributed by atoms with van der Waals surface area (Å²) in [5.74, 6) is 0.344. The van der Waals surface area contributed by atoms with Gasteiger partial charge < -0.3 is 20.7 Å². The van der Waals surface area contributed by atoms with Crippen molar-refractivity contribution in [2.45, 2.75) is 26.0 Å². The number of aliphatic hydroxyl groups excluding tert-OH is 1. The average molecular weight is 420 g/mol. The van der Waals surface area contributed by atoms with Crippen LogP contribution in [0.3, 0.4) is 0 Å². The summed E-state index contributed by atoms with van der Waals surface area (Å²) in [6, 6.07) is 1.06. The standard InChI is InChI=1S/C12H17Br2NO3.ClH/c1-5(2)11(16)10(15)6-4-7(18-3)12(17)9(14)8(6)13;/h4-5,10-11,16-17H,15H2,1-3H3;1H/t10-,11+;/m1./s1. The molecule has 1 aromatic carbocycles. The van der Waals surface area contributed by atoms with Gasteiger partial charge in [0, 0.05) is 4.47 Å². The molecule has 0 radical (unpaired) electrons. The largest absolute Gasteiger partial charge is 0.503 e. The molecule has 2 atom stereocenters. The Bertz CT molecular complexity index is 443. The number of hydrogen-bond acceptors (Lipinski definition) is 4. The number of methoxy groups -OCH3 is 1. The van der Waals surface area contributed by atoms with Crippen molar-refractivity contribution in [2.24, 2.45) is 11.7 Å². The molecule has 0 saturated heterocycles. The van der Waals surface area contributed by atoms with Crippen LogP contribution in [0.15, 0.2) is 15.0 Å². The predicted octanol–water partition coefficient (Wildman–Crippen LogP) is 3.36. The Hall–Kier alpha value is -0.0100. The van der Waals surface area contributed by atoms with Crippen LogP contribution in [0.25, 0.3) is 0 Å². The van der Waals surface area contributed by atoms with Gasteiger partial charge >= 0.3 is 0 Å². The number of rotatable bonds is 4. The van der Waals surface area contributed by atoms with E-state index in [4.69, 9.17) is 10.5 Å². The SMILES string of the molecule is COc1cc([C@@H](N)[C@@H](O)C(C)C)c(Br)c(Br)c1O.Cl. The fraction of sp³-hybridized carbons (Fsp3) is 0.500. The second kappa shape index (κ2) is 7.69. The molecular formula is C12H18Br2ClNO3. The lowest BCUT2D eigenvalue weighted by Gasteiger charge is -2.24. The zero-order valence-corrected chi connectivity index (χ0v) is 14.8. The van der Waals surface area contributed by atoms with Crippen molar-refractivity contribution in [1.82, 2.24) is 0 Å². The van der Waals surface area contributed by atoms with Crippen molar-refractivity contribution >= 4 is 44.3 Å². The van der Waals surface area contributed by atoms with Crippen LogP contribution in [0.5, 0.6) is 11.5 Å². The molecule has 0 spiro atoms. The van der Waals surface area contributed by atoms with Gasteiger partial charge in [0.15, 0.2) is 11.5 Å². The quantitative estimate of drug-likeness (QED) is 0.700. The van der Waals surface area contributed by atoms with E-state index in [0.717, 1.165) is 0 Å². The Kier molecular flexibility index (Phi) is 7.68. The summed E-state index contributed by atoms with van der Waals surface area (Å²) < 4.78 is 6.15. The minimum absolute atomic E-state index is 0. The highest BCUT2D eigenvalue weighted by molar-refractivity contribution is 9.13. The molecule has 0 aliphatic heterocycles. The van der Waals surface area contributed by atoms with Crippen LogP contribution in [0, 0.1) is 5.92 Å². The Morgan fingerprint density at radius 2 is 1.79 bits per heavy atom. The van der Waals surface area contributed by atoms with Gasteiger partial charge in [-0.1, -0.05) is 13.8 Å². The number of aliphatic hydroxyl groups is 1. The van der Waals surface area contributed by atoms with E-state index in [0.29, 0.717) is 20.3 Å². The van der Waals surface area contributed by atoms with Crippen LogP contribution in [-0.4, -0.2) is 23.4 Å². The van der Waals surface area contributed by atoms with Crippen molar-refractivity contribution in [3.05, 3.63) is 20.6 Å². The molecule has 0 unspecified atom stereocenters. The van der Waals surface area contributed by atoms with Gasteiger partial charge in [-0.3, -0.25) is 0 Å². The summed E-state index contributed by atoms with van der Waals surface area (Å²) in [6.07, 6.45) is -0.678. The van der Waals surface area contributed by atoms with Gasteiger partial charge in [0.2, 0.25) is 0 Å². The first kappa shape index (κ1) is 19.0. The fourth-order valence-electron chi connectivity index (χ4n) is 1.61. The van der Waals surface area contributed by atoms with Crippen LogP contribution >= 0.6 is 44.3 Å². The minimum Gasteiger partial charge on any atom is -0.503 e. The highest BCUT2D eigenvalue weighted by Crippen LogP contribution is 2.43. The lowest BCUT2D eigenvalue weighted by atomic mass is 9.94. The Balaban J connectivity index is 0.00000324. The van der Waals surface area contributed by atoms with Crippen LogP contribution in [0.4, 0.5) is 0 Å². The van der Waals surface area contributed by atoms with E-state index in [-0.39, 0.29) is 24.1 Å². The molecule has 0 aliphatic carbocycles. The highest BCUT2D eigenvalue weighted by Gasteiger charge is 2.25. The van der Waals surface area contributed by atoms with E-state index in [2.05, 4.69) is 31.9 Å². The predicted molar refractivity (Wildman–Crippen MR) is 85.1 cm³/mol. The molecule has 0 heterocycles. The molecule has 0 amide bonds.